The minimum absolute atomic E-state index is 0.139. The molecular weight excluding hydrogens is 226 g/mol. The number of aldehydes is 1. The second-order valence-corrected chi connectivity index (χ2v) is 3.75. The van der Waals surface area contributed by atoms with Crippen molar-refractivity contribution in [3.63, 3.8) is 0 Å². The highest BCUT2D eigenvalue weighted by molar-refractivity contribution is 5.94. The molecule has 17 heavy (non-hydrogen) atoms. The molecule has 0 spiro atoms. The normalized spacial score (nSPS) is 14.1. The van der Waals surface area contributed by atoms with Gasteiger partial charge in [0.25, 0.3) is 0 Å². The number of nitrogens with one attached hydrogen (secondary N) is 2. The average molecular weight is 237 g/mol. The van der Waals surface area contributed by atoms with Crippen LogP contribution < -0.4 is 10.6 Å². The summed E-state index contributed by atoms with van der Waals surface area (Å²) in [6, 6.07) is -0.316. The first-order valence-electron chi connectivity index (χ1n) is 5.13. The molecule has 2 N–H and O–H groups in total. The molecule has 1 aromatic rings. The van der Waals surface area contributed by atoms with Crippen LogP contribution in [0.1, 0.15) is 23.3 Å². The Labute approximate surface area is 96.4 Å². The number of aromatic nitrogens is 3. The van der Waals surface area contributed by atoms with E-state index in [-0.39, 0.29) is 18.3 Å². The fourth-order valence-corrected chi connectivity index (χ4v) is 1.21. The molecular formula is C9H11N5O3. The van der Waals surface area contributed by atoms with E-state index >= 15 is 0 Å². The predicted molar refractivity (Wildman–Crippen MR) is 55.1 cm³/mol. The van der Waals surface area contributed by atoms with E-state index in [2.05, 4.69) is 20.9 Å². The molecule has 0 aliphatic heterocycles. The maximum atomic E-state index is 11.4. The first-order chi connectivity index (χ1) is 8.17. The van der Waals surface area contributed by atoms with Crippen molar-refractivity contribution in [2.45, 2.75) is 25.4 Å². The van der Waals surface area contributed by atoms with E-state index in [1.54, 1.807) is 0 Å². The minimum Gasteiger partial charge on any atom is -0.335 e. The van der Waals surface area contributed by atoms with Gasteiger partial charge in [0, 0.05) is 6.04 Å². The topological polar surface area (TPSA) is 106 Å². The van der Waals surface area contributed by atoms with Crippen molar-refractivity contribution in [3.8, 4) is 0 Å². The van der Waals surface area contributed by atoms with Crippen molar-refractivity contribution in [2.24, 2.45) is 0 Å². The molecule has 1 saturated carbocycles. The second-order valence-electron chi connectivity index (χ2n) is 3.75. The Morgan fingerprint density at radius 2 is 2.29 bits per heavy atom. The van der Waals surface area contributed by atoms with Crippen LogP contribution in [0.2, 0.25) is 0 Å². The van der Waals surface area contributed by atoms with Gasteiger partial charge in [-0.15, -0.1) is 5.10 Å². The first kappa shape index (κ1) is 11.2. The molecule has 1 aromatic heterocycles. The maximum absolute atomic E-state index is 11.4. The molecule has 8 nitrogen and oxygen atoms in total. The average Bonchev–Trinajstić information content (AvgIpc) is 2.95. The Kier molecular flexibility index (Phi) is 3.12. The smallest absolute Gasteiger partial charge is 0.321 e. The number of hydrogen-bond donors (Lipinski definition) is 2. The van der Waals surface area contributed by atoms with Gasteiger partial charge in [0.2, 0.25) is 5.91 Å². The van der Waals surface area contributed by atoms with Crippen LogP contribution in [0.5, 0.6) is 0 Å². The highest BCUT2D eigenvalue weighted by atomic mass is 16.2. The van der Waals surface area contributed by atoms with Gasteiger partial charge >= 0.3 is 6.03 Å². The van der Waals surface area contributed by atoms with Crippen molar-refractivity contribution >= 4 is 18.2 Å². The third-order valence-corrected chi connectivity index (χ3v) is 2.15. The third kappa shape index (κ3) is 3.37. The summed E-state index contributed by atoms with van der Waals surface area (Å²) >= 11 is 0. The van der Waals surface area contributed by atoms with Gasteiger partial charge in [0.05, 0.1) is 6.20 Å². The largest absolute Gasteiger partial charge is 0.335 e. The van der Waals surface area contributed by atoms with E-state index in [1.807, 2.05) is 0 Å². The minimum atomic E-state index is -0.509. The molecule has 0 aromatic carbocycles. The summed E-state index contributed by atoms with van der Waals surface area (Å²) in [4.78, 5) is 32.9. The predicted octanol–water partition coefficient (Wildman–Crippen LogP) is -0.921. The van der Waals surface area contributed by atoms with Gasteiger partial charge in [-0.1, -0.05) is 5.21 Å². The van der Waals surface area contributed by atoms with E-state index < -0.39 is 11.9 Å². The summed E-state index contributed by atoms with van der Waals surface area (Å²) < 4.78 is 1.18. The summed E-state index contributed by atoms with van der Waals surface area (Å²) in [5.74, 6) is -0.509. The summed E-state index contributed by atoms with van der Waals surface area (Å²) in [5.41, 5.74) is 0.139. The highest BCUT2D eigenvalue weighted by Crippen LogP contribution is 2.18. The second kappa shape index (κ2) is 4.73. The number of imide groups is 1. The molecule has 0 atom stereocenters. The molecule has 0 radical (unpaired) electrons. The summed E-state index contributed by atoms with van der Waals surface area (Å²) in [5, 5.41) is 11.8. The zero-order valence-electron chi connectivity index (χ0n) is 8.92. The monoisotopic (exact) mass is 237 g/mol. The summed E-state index contributed by atoms with van der Waals surface area (Å²) in [6.07, 6.45) is 3.76. The van der Waals surface area contributed by atoms with Crippen molar-refractivity contribution in [2.75, 3.05) is 0 Å². The Hall–Kier alpha value is -2.25. The van der Waals surface area contributed by atoms with Crippen LogP contribution in [0.3, 0.4) is 0 Å². The summed E-state index contributed by atoms with van der Waals surface area (Å²) in [7, 11) is 0. The van der Waals surface area contributed by atoms with Crippen LogP contribution in [0.25, 0.3) is 0 Å². The number of carbonyl (C=O) groups is 3. The van der Waals surface area contributed by atoms with Crippen molar-refractivity contribution in [3.05, 3.63) is 11.9 Å². The maximum Gasteiger partial charge on any atom is 0.321 e. The van der Waals surface area contributed by atoms with E-state index in [4.69, 9.17) is 0 Å². The summed E-state index contributed by atoms with van der Waals surface area (Å²) in [6.45, 7) is -0.154. The highest BCUT2D eigenvalue weighted by Gasteiger charge is 2.23. The molecule has 0 unspecified atom stereocenters. The number of nitrogens with zero attached hydrogens (tertiary/aromatic N) is 3. The van der Waals surface area contributed by atoms with Gasteiger partial charge in [-0.05, 0) is 12.8 Å². The molecule has 8 heteroatoms. The van der Waals surface area contributed by atoms with Gasteiger partial charge in [-0.2, -0.15) is 0 Å². The van der Waals surface area contributed by atoms with E-state index in [0.717, 1.165) is 12.8 Å². The van der Waals surface area contributed by atoms with E-state index in [1.165, 1.54) is 10.9 Å². The quantitative estimate of drug-likeness (QED) is 0.658. The van der Waals surface area contributed by atoms with Crippen molar-refractivity contribution in [1.82, 2.24) is 25.6 Å². The number of amides is 3. The van der Waals surface area contributed by atoms with E-state index in [9.17, 15) is 14.4 Å². The van der Waals surface area contributed by atoms with Gasteiger partial charge in [0.1, 0.15) is 12.2 Å². The lowest BCUT2D eigenvalue weighted by molar-refractivity contribution is -0.120. The third-order valence-electron chi connectivity index (χ3n) is 2.15. The fourth-order valence-electron chi connectivity index (χ4n) is 1.21. The van der Waals surface area contributed by atoms with Crippen LogP contribution in [-0.2, 0) is 11.3 Å². The Balaban J connectivity index is 1.79. The van der Waals surface area contributed by atoms with Gasteiger partial charge in [-0.25, -0.2) is 9.48 Å². The lowest BCUT2D eigenvalue weighted by Gasteiger charge is -2.04. The first-order valence-corrected chi connectivity index (χ1v) is 5.13. The molecule has 1 heterocycles. The molecule has 3 amide bonds. The van der Waals surface area contributed by atoms with Gasteiger partial charge in [-0.3, -0.25) is 14.9 Å². The molecule has 2 rings (SSSR count). The van der Waals surface area contributed by atoms with Crippen molar-refractivity contribution < 1.29 is 14.4 Å². The number of carbonyl (C=O) groups excluding carboxylic acids is 3. The van der Waals surface area contributed by atoms with Crippen LogP contribution in [0.4, 0.5) is 4.79 Å². The number of rotatable bonds is 4. The lowest BCUT2D eigenvalue weighted by Crippen LogP contribution is -2.41. The zero-order valence-corrected chi connectivity index (χ0v) is 8.92. The lowest BCUT2D eigenvalue weighted by atomic mass is 10.5. The van der Waals surface area contributed by atoms with Gasteiger partial charge in [0.15, 0.2) is 6.29 Å². The Bertz CT molecular complexity index is 451. The number of hydrogen-bond acceptors (Lipinski definition) is 5. The molecule has 1 aliphatic rings. The fraction of sp³-hybridized carbons (Fsp3) is 0.444. The Morgan fingerprint density at radius 3 is 2.88 bits per heavy atom. The van der Waals surface area contributed by atoms with Crippen LogP contribution in [-0.4, -0.2) is 39.3 Å². The van der Waals surface area contributed by atoms with Crippen LogP contribution in [0, 0.1) is 0 Å². The molecule has 1 aliphatic carbocycles. The molecule has 0 saturated heterocycles. The number of urea groups is 1. The van der Waals surface area contributed by atoms with Crippen LogP contribution in [0.15, 0.2) is 6.20 Å². The molecule has 1 fully saturated rings. The van der Waals surface area contributed by atoms with E-state index in [0.29, 0.717) is 6.29 Å². The molecule has 0 bridgehead atoms. The van der Waals surface area contributed by atoms with Crippen LogP contribution >= 0.6 is 0 Å². The van der Waals surface area contributed by atoms with Gasteiger partial charge < -0.3 is 5.32 Å². The van der Waals surface area contributed by atoms with Crippen molar-refractivity contribution in [1.29, 1.82) is 0 Å². The molecule has 90 valence electrons. The standard InChI is InChI=1S/C9H11N5O3/c15-5-7-3-14(13-12-7)4-8(16)11-9(17)10-6-1-2-6/h3,5-6H,1-2,4H2,(H2,10,11,16,17). The SMILES string of the molecule is O=Cc1cn(CC(=O)NC(=O)NC2CC2)nn1. The Morgan fingerprint density at radius 1 is 1.53 bits per heavy atom. The zero-order chi connectivity index (χ0) is 12.3.